The summed E-state index contributed by atoms with van der Waals surface area (Å²) in [4.78, 5) is 0. The van der Waals surface area contributed by atoms with E-state index in [4.69, 9.17) is 5.73 Å². The Kier molecular flexibility index (Phi) is 5.90. The molecule has 3 atom stereocenters. The number of thioether (sulfide) groups is 1. The molecular formula is C11H24N2S. The molecule has 3 heteroatoms. The fourth-order valence-corrected chi connectivity index (χ4v) is 2.97. The van der Waals surface area contributed by atoms with E-state index in [9.17, 15) is 0 Å². The lowest BCUT2D eigenvalue weighted by Crippen LogP contribution is -2.46. The molecule has 2 nitrogen and oxygen atoms in total. The molecule has 3 unspecified atom stereocenters. The summed E-state index contributed by atoms with van der Waals surface area (Å²) in [5, 5.41) is 3.72. The zero-order valence-electron chi connectivity index (χ0n) is 9.46. The van der Waals surface area contributed by atoms with Crippen LogP contribution in [0.3, 0.4) is 0 Å². The van der Waals surface area contributed by atoms with Crippen LogP contribution < -0.4 is 11.1 Å². The van der Waals surface area contributed by atoms with Crippen LogP contribution in [0.1, 0.15) is 32.6 Å². The van der Waals surface area contributed by atoms with Gasteiger partial charge in [-0.25, -0.2) is 0 Å². The van der Waals surface area contributed by atoms with E-state index in [1.54, 1.807) is 0 Å². The van der Waals surface area contributed by atoms with Crippen LogP contribution in [0, 0.1) is 5.92 Å². The predicted molar refractivity (Wildman–Crippen MR) is 65.8 cm³/mol. The molecule has 0 aromatic carbocycles. The molecule has 1 saturated carbocycles. The first-order valence-corrected chi connectivity index (χ1v) is 7.12. The quantitative estimate of drug-likeness (QED) is 0.736. The molecule has 1 fully saturated rings. The van der Waals surface area contributed by atoms with Crippen LogP contribution in [0.15, 0.2) is 0 Å². The van der Waals surface area contributed by atoms with E-state index in [1.807, 2.05) is 11.8 Å². The highest BCUT2D eigenvalue weighted by Crippen LogP contribution is 2.24. The maximum atomic E-state index is 5.80. The van der Waals surface area contributed by atoms with E-state index >= 15 is 0 Å². The van der Waals surface area contributed by atoms with Gasteiger partial charge in [0.25, 0.3) is 0 Å². The van der Waals surface area contributed by atoms with E-state index in [-0.39, 0.29) is 0 Å². The Labute approximate surface area is 92.4 Å². The van der Waals surface area contributed by atoms with Crippen molar-refractivity contribution in [3.63, 3.8) is 0 Å². The molecule has 0 saturated heterocycles. The molecule has 0 amide bonds. The first-order chi connectivity index (χ1) is 6.77. The second-order valence-corrected chi connectivity index (χ2v) is 5.32. The van der Waals surface area contributed by atoms with Crippen molar-refractivity contribution in [2.45, 2.75) is 44.7 Å². The van der Waals surface area contributed by atoms with Gasteiger partial charge in [0.2, 0.25) is 0 Å². The Bertz CT molecular complexity index is 152. The third kappa shape index (κ3) is 3.79. The lowest BCUT2D eigenvalue weighted by Gasteiger charge is -2.33. The molecule has 0 aliphatic heterocycles. The fourth-order valence-electron chi connectivity index (χ4n) is 2.37. The highest BCUT2D eigenvalue weighted by molar-refractivity contribution is 7.98. The molecule has 14 heavy (non-hydrogen) atoms. The lowest BCUT2D eigenvalue weighted by molar-refractivity contribution is 0.256. The molecule has 3 N–H and O–H groups in total. The second kappa shape index (κ2) is 6.70. The van der Waals surface area contributed by atoms with Gasteiger partial charge in [0.15, 0.2) is 0 Å². The SMILES string of the molecule is CSCC(C)NC1CCCCC1CN. The minimum Gasteiger partial charge on any atom is -0.330 e. The van der Waals surface area contributed by atoms with E-state index in [0.29, 0.717) is 18.0 Å². The molecule has 0 radical (unpaired) electrons. The lowest BCUT2D eigenvalue weighted by atomic mass is 9.84. The van der Waals surface area contributed by atoms with E-state index < -0.39 is 0 Å². The van der Waals surface area contributed by atoms with Crippen LogP contribution in [0.2, 0.25) is 0 Å². The Balaban J connectivity index is 2.32. The molecule has 0 spiro atoms. The molecular weight excluding hydrogens is 192 g/mol. The van der Waals surface area contributed by atoms with Crippen molar-refractivity contribution >= 4 is 11.8 Å². The van der Waals surface area contributed by atoms with Crippen LogP contribution in [0.25, 0.3) is 0 Å². The smallest absolute Gasteiger partial charge is 0.0132 e. The van der Waals surface area contributed by atoms with Crippen LogP contribution in [-0.4, -0.2) is 30.6 Å². The molecule has 1 rings (SSSR count). The summed E-state index contributed by atoms with van der Waals surface area (Å²) < 4.78 is 0. The van der Waals surface area contributed by atoms with Crippen molar-refractivity contribution in [2.24, 2.45) is 11.7 Å². The van der Waals surface area contributed by atoms with E-state index in [0.717, 1.165) is 6.54 Å². The molecule has 0 aromatic heterocycles. The molecule has 1 aliphatic rings. The molecule has 0 bridgehead atoms. The topological polar surface area (TPSA) is 38.0 Å². The average molecular weight is 216 g/mol. The van der Waals surface area contributed by atoms with Gasteiger partial charge in [-0.3, -0.25) is 0 Å². The zero-order chi connectivity index (χ0) is 10.4. The van der Waals surface area contributed by atoms with Crippen LogP contribution in [0.5, 0.6) is 0 Å². The first-order valence-electron chi connectivity index (χ1n) is 5.73. The summed E-state index contributed by atoms with van der Waals surface area (Å²) in [5.74, 6) is 1.92. The van der Waals surface area contributed by atoms with Gasteiger partial charge < -0.3 is 11.1 Å². The van der Waals surface area contributed by atoms with Gasteiger partial charge in [-0.2, -0.15) is 11.8 Å². The largest absolute Gasteiger partial charge is 0.330 e. The van der Waals surface area contributed by atoms with Crippen molar-refractivity contribution in [2.75, 3.05) is 18.6 Å². The Hall–Kier alpha value is 0.270. The maximum absolute atomic E-state index is 5.80. The summed E-state index contributed by atoms with van der Waals surface area (Å²) in [6.45, 7) is 3.13. The minimum atomic E-state index is 0.627. The predicted octanol–water partition coefficient (Wildman–Crippen LogP) is 1.84. The van der Waals surface area contributed by atoms with Gasteiger partial charge in [-0.05, 0) is 38.5 Å². The fraction of sp³-hybridized carbons (Fsp3) is 1.00. The Morgan fingerprint density at radius 1 is 1.43 bits per heavy atom. The zero-order valence-corrected chi connectivity index (χ0v) is 10.3. The maximum Gasteiger partial charge on any atom is 0.0132 e. The van der Waals surface area contributed by atoms with E-state index in [2.05, 4.69) is 18.5 Å². The second-order valence-electron chi connectivity index (χ2n) is 4.41. The van der Waals surface area contributed by atoms with Gasteiger partial charge in [0.1, 0.15) is 0 Å². The van der Waals surface area contributed by atoms with Crippen molar-refractivity contribution in [1.82, 2.24) is 5.32 Å². The number of hydrogen-bond acceptors (Lipinski definition) is 3. The summed E-state index contributed by atoms with van der Waals surface area (Å²) in [5.41, 5.74) is 5.80. The molecule has 0 heterocycles. The van der Waals surface area contributed by atoms with Gasteiger partial charge in [-0.15, -0.1) is 0 Å². The number of hydrogen-bond donors (Lipinski definition) is 2. The Morgan fingerprint density at radius 3 is 2.79 bits per heavy atom. The van der Waals surface area contributed by atoms with Gasteiger partial charge >= 0.3 is 0 Å². The van der Waals surface area contributed by atoms with Crippen LogP contribution in [-0.2, 0) is 0 Å². The molecule has 1 aliphatic carbocycles. The Morgan fingerprint density at radius 2 is 2.14 bits per heavy atom. The van der Waals surface area contributed by atoms with Crippen LogP contribution >= 0.6 is 11.8 Å². The van der Waals surface area contributed by atoms with Crippen LogP contribution in [0.4, 0.5) is 0 Å². The summed E-state index contributed by atoms with van der Waals surface area (Å²) in [6.07, 6.45) is 7.55. The standard InChI is InChI=1S/C11H24N2S/c1-9(8-14-2)13-11-6-4-3-5-10(11)7-12/h9-11,13H,3-8,12H2,1-2H3. The normalized spacial score (nSPS) is 30.2. The average Bonchev–Trinajstić information content (AvgIpc) is 2.19. The van der Waals surface area contributed by atoms with Gasteiger partial charge in [0.05, 0.1) is 0 Å². The number of rotatable bonds is 5. The molecule has 84 valence electrons. The number of nitrogens with two attached hydrogens (primary N) is 1. The van der Waals surface area contributed by atoms with Crippen molar-refractivity contribution < 1.29 is 0 Å². The third-order valence-electron chi connectivity index (χ3n) is 3.13. The van der Waals surface area contributed by atoms with Crippen molar-refractivity contribution in [3.05, 3.63) is 0 Å². The highest BCUT2D eigenvalue weighted by Gasteiger charge is 2.24. The monoisotopic (exact) mass is 216 g/mol. The third-order valence-corrected chi connectivity index (χ3v) is 3.96. The van der Waals surface area contributed by atoms with E-state index in [1.165, 1.54) is 31.4 Å². The highest BCUT2D eigenvalue weighted by atomic mass is 32.2. The summed E-state index contributed by atoms with van der Waals surface area (Å²) >= 11 is 1.91. The van der Waals surface area contributed by atoms with Crippen molar-refractivity contribution in [1.29, 1.82) is 0 Å². The summed E-state index contributed by atoms with van der Waals surface area (Å²) in [6, 6.07) is 1.30. The minimum absolute atomic E-state index is 0.627. The van der Waals surface area contributed by atoms with Gasteiger partial charge in [-0.1, -0.05) is 12.8 Å². The first kappa shape index (κ1) is 12.3. The summed E-state index contributed by atoms with van der Waals surface area (Å²) in [7, 11) is 0. The van der Waals surface area contributed by atoms with Gasteiger partial charge in [0, 0.05) is 17.8 Å². The van der Waals surface area contributed by atoms with Crippen molar-refractivity contribution in [3.8, 4) is 0 Å². The molecule has 0 aromatic rings. The number of nitrogens with one attached hydrogen (secondary N) is 1.